The molecular weight excluding hydrogens is 410 g/mol. The van der Waals surface area contributed by atoms with Gasteiger partial charge in [-0.2, -0.15) is 4.31 Å². The summed E-state index contributed by atoms with van der Waals surface area (Å²) in [7, 11) is -1.95. The Balaban J connectivity index is 1.41. The molecule has 1 aromatic heterocycles. The highest BCUT2D eigenvalue weighted by molar-refractivity contribution is 7.91. The van der Waals surface area contributed by atoms with Gasteiger partial charge in [-0.25, -0.2) is 8.42 Å². The predicted molar refractivity (Wildman–Crippen MR) is 113 cm³/mol. The molecule has 0 aliphatic carbocycles. The van der Waals surface area contributed by atoms with Gasteiger partial charge in [0.15, 0.2) is 0 Å². The third-order valence-electron chi connectivity index (χ3n) is 5.49. The summed E-state index contributed by atoms with van der Waals surface area (Å²) >= 11 is 1.13. The first kappa shape index (κ1) is 20.2. The molecule has 2 aliphatic rings. The van der Waals surface area contributed by atoms with Crippen LogP contribution in [0.15, 0.2) is 39.9 Å². The van der Waals surface area contributed by atoms with Gasteiger partial charge in [0.25, 0.3) is 15.9 Å². The van der Waals surface area contributed by atoms with E-state index in [-0.39, 0.29) is 10.1 Å². The number of hydrogen-bond acceptors (Lipinski definition) is 6. The molecule has 9 heteroatoms. The van der Waals surface area contributed by atoms with Gasteiger partial charge in [-0.05, 0) is 43.2 Å². The number of likely N-dealkylation sites (tertiary alicyclic amines) is 1. The zero-order valence-electron chi connectivity index (χ0n) is 16.4. The van der Waals surface area contributed by atoms with Crippen LogP contribution >= 0.6 is 11.3 Å². The molecule has 2 aromatic rings. The minimum atomic E-state index is -3.58. The molecule has 2 fully saturated rings. The van der Waals surface area contributed by atoms with Gasteiger partial charge in [0.2, 0.25) is 0 Å². The molecule has 2 aliphatic heterocycles. The first-order chi connectivity index (χ1) is 14.0. The Bertz CT molecular complexity index is 958. The van der Waals surface area contributed by atoms with Gasteiger partial charge in [0.1, 0.15) is 9.96 Å². The van der Waals surface area contributed by atoms with Crippen LogP contribution in [0, 0.1) is 0 Å². The van der Waals surface area contributed by atoms with Crippen LogP contribution in [0.5, 0.6) is 5.75 Å². The predicted octanol–water partition coefficient (Wildman–Crippen LogP) is 2.50. The fourth-order valence-electron chi connectivity index (χ4n) is 3.77. The third kappa shape index (κ3) is 4.12. The maximum atomic E-state index is 13.0. The molecule has 0 N–H and O–H groups in total. The van der Waals surface area contributed by atoms with Crippen LogP contribution in [0.3, 0.4) is 0 Å². The standard InChI is InChI=1S/C20H25N3O4S2/c1-27-18-6-4-17(5-7-18)21-10-12-23(13-11-21)29(25,26)19-14-16(15-28-19)20(24)22-8-2-3-9-22/h4-7,14-15H,2-3,8-13H2,1H3. The van der Waals surface area contributed by atoms with Crippen molar-refractivity contribution in [3.63, 3.8) is 0 Å². The Labute approximate surface area is 175 Å². The lowest BCUT2D eigenvalue weighted by Crippen LogP contribution is -2.48. The minimum Gasteiger partial charge on any atom is -0.497 e. The number of piperazine rings is 1. The van der Waals surface area contributed by atoms with E-state index in [9.17, 15) is 13.2 Å². The topological polar surface area (TPSA) is 70.2 Å². The maximum Gasteiger partial charge on any atom is 0.254 e. The van der Waals surface area contributed by atoms with E-state index in [4.69, 9.17) is 4.74 Å². The highest BCUT2D eigenvalue weighted by Gasteiger charge is 2.31. The van der Waals surface area contributed by atoms with Crippen molar-refractivity contribution in [1.82, 2.24) is 9.21 Å². The lowest BCUT2D eigenvalue weighted by atomic mass is 10.2. The molecule has 0 bridgehead atoms. The monoisotopic (exact) mass is 435 g/mol. The lowest BCUT2D eigenvalue weighted by molar-refractivity contribution is 0.0793. The molecule has 29 heavy (non-hydrogen) atoms. The van der Waals surface area contributed by atoms with Crippen molar-refractivity contribution in [2.24, 2.45) is 0 Å². The van der Waals surface area contributed by atoms with Crippen LogP contribution in [-0.2, 0) is 10.0 Å². The highest BCUT2D eigenvalue weighted by atomic mass is 32.2. The van der Waals surface area contributed by atoms with Crippen LogP contribution in [0.1, 0.15) is 23.2 Å². The van der Waals surface area contributed by atoms with Crippen LogP contribution < -0.4 is 9.64 Å². The minimum absolute atomic E-state index is 0.0653. The number of amides is 1. The summed E-state index contributed by atoms with van der Waals surface area (Å²) < 4.78 is 33.0. The molecule has 0 radical (unpaired) electrons. The summed E-state index contributed by atoms with van der Waals surface area (Å²) in [6.07, 6.45) is 2.03. The van der Waals surface area contributed by atoms with Crippen LogP contribution in [-0.4, -0.2) is 69.9 Å². The average Bonchev–Trinajstić information content (AvgIpc) is 3.46. The summed E-state index contributed by atoms with van der Waals surface area (Å²) in [5, 5.41) is 1.67. The maximum absolute atomic E-state index is 13.0. The molecule has 2 saturated heterocycles. The number of sulfonamides is 1. The molecule has 1 amide bonds. The first-order valence-corrected chi connectivity index (χ1v) is 12.1. The molecule has 3 heterocycles. The number of rotatable bonds is 5. The van der Waals surface area contributed by atoms with E-state index in [2.05, 4.69) is 4.90 Å². The number of ether oxygens (including phenoxy) is 1. The third-order valence-corrected chi connectivity index (χ3v) is 8.80. The number of hydrogen-bond donors (Lipinski definition) is 0. The first-order valence-electron chi connectivity index (χ1n) is 9.76. The molecule has 0 unspecified atom stereocenters. The van der Waals surface area contributed by atoms with E-state index < -0.39 is 10.0 Å². The summed E-state index contributed by atoms with van der Waals surface area (Å²) in [5.41, 5.74) is 1.53. The van der Waals surface area contributed by atoms with Crippen molar-refractivity contribution in [2.45, 2.75) is 17.1 Å². The fraction of sp³-hybridized carbons (Fsp3) is 0.450. The second-order valence-electron chi connectivity index (χ2n) is 7.24. The number of thiophene rings is 1. The Morgan fingerprint density at radius 2 is 1.66 bits per heavy atom. The zero-order valence-corrected chi connectivity index (χ0v) is 18.0. The Kier molecular flexibility index (Phi) is 5.80. The number of carbonyl (C=O) groups is 1. The molecular formula is C20H25N3O4S2. The molecule has 7 nitrogen and oxygen atoms in total. The van der Waals surface area contributed by atoms with Crippen molar-refractivity contribution >= 4 is 33.0 Å². The van der Waals surface area contributed by atoms with Gasteiger partial charge in [-0.15, -0.1) is 11.3 Å². The molecule has 1 aromatic carbocycles. The van der Waals surface area contributed by atoms with Gasteiger partial charge in [0.05, 0.1) is 12.7 Å². The van der Waals surface area contributed by atoms with Crippen molar-refractivity contribution in [2.75, 3.05) is 51.3 Å². The molecule has 0 saturated carbocycles. The normalized spacial score (nSPS) is 18.2. The van der Waals surface area contributed by atoms with Gasteiger partial charge >= 0.3 is 0 Å². The van der Waals surface area contributed by atoms with Crippen molar-refractivity contribution in [3.05, 3.63) is 41.3 Å². The van der Waals surface area contributed by atoms with Crippen LogP contribution in [0.2, 0.25) is 0 Å². The molecule has 0 spiro atoms. The molecule has 0 atom stereocenters. The van der Waals surface area contributed by atoms with Gasteiger partial charge < -0.3 is 14.5 Å². The van der Waals surface area contributed by atoms with Crippen LogP contribution in [0.4, 0.5) is 5.69 Å². The summed E-state index contributed by atoms with van der Waals surface area (Å²) in [4.78, 5) is 16.5. The number of carbonyl (C=O) groups excluding carboxylic acids is 1. The lowest BCUT2D eigenvalue weighted by Gasteiger charge is -2.35. The largest absolute Gasteiger partial charge is 0.497 e. The SMILES string of the molecule is COc1ccc(N2CCN(S(=O)(=O)c3cc(C(=O)N4CCCC4)cs3)CC2)cc1. The second-order valence-corrected chi connectivity index (χ2v) is 10.3. The van der Waals surface area contributed by atoms with E-state index in [1.54, 1.807) is 17.4 Å². The molecule has 4 rings (SSSR count). The molecule has 156 valence electrons. The number of anilines is 1. The number of methoxy groups -OCH3 is 1. The van der Waals surface area contributed by atoms with E-state index in [0.29, 0.717) is 31.7 Å². The van der Waals surface area contributed by atoms with Crippen molar-refractivity contribution in [1.29, 1.82) is 0 Å². The summed E-state index contributed by atoms with van der Waals surface area (Å²) in [6.45, 7) is 3.59. The van der Waals surface area contributed by atoms with E-state index in [1.165, 1.54) is 10.4 Å². The second kappa shape index (κ2) is 8.33. The quantitative estimate of drug-likeness (QED) is 0.722. The van der Waals surface area contributed by atoms with Crippen molar-refractivity contribution < 1.29 is 17.9 Å². The Morgan fingerprint density at radius 3 is 2.28 bits per heavy atom. The van der Waals surface area contributed by atoms with E-state index in [1.807, 2.05) is 24.3 Å². The Morgan fingerprint density at radius 1 is 1.00 bits per heavy atom. The van der Waals surface area contributed by atoms with Gasteiger partial charge in [-0.3, -0.25) is 4.79 Å². The van der Waals surface area contributed by atoms with Crippen LogP contribution in [0.25, 0.3) is 0 Å². The summed E-state index contributed by atoms with van der Waals surface area (Å²) in [5.74, 6) is 0.733. The Hall–Kier alpha value is -2.10. The smallest absolute Gasteiger partial charge is 0.254 e. The zero-order chi connectivity index (χ0) is 20.4. The number of nitrogens with zero attached hydrogens (tertiary/aromatic N) is 3. The van der Waals surface area contributed by atoms with Crippen molar-refractivity contribution in [3.8, 4) is 5.75 Å². The van der Waals surface area contributed by atoms with E-state index >= 15 is 0 Å². The number of benzene rings is 1. The fourth-order valence-corrected chi connectivity index (χ4v) is 6.50. The average molecular weight is 436 g/mol. The highest BCUT2D eigenvalue weighted by Crippen LogP contribution is 2.27. The van der Waals surface area contributed by atoms with E-state index in [0.717, 1.165) is 48.7 Å². The summed E-state index contributed by atoms with van der Waals surface area (Å²) in [6, 6.07) is 9.32. The van der Waals surface area contributed by atoms with Gasteiger partial charge in [0, 0.05) is 50.3 Å². The van der Waals surface area contributed by atoms with Gasteiger partial charge in [-0.1, -0.05) is 0 Å².